The summed E-state index contributed by atoms with van der Waals surface area (Å²) < 4.78 is 78.3. The molecule has 0 fully saturated rings. The fraction of sp³-hybridized carbons (Fsp3) is 0.115. The number of hydrogen-bond acceptors (Lipinski definition) is 15. The van der Waals surface area contributed by atoms with Gasteiger partial charge in [-0.25, -0.2) is 0 Å². The van der Waals surface area contributed by atoms with Gasteiger partial charge < -0.3 is 30.1 Å². The second-order valence-electron chi connectivity index (χ2n) is 15.9. The number of benzene rings is 8. The standard InChI is InChI=1S/2C26H22ClN3O6S.Ba/c2*1-3-36-22-11-7-6-10-20(22)28-26(32)19-13-16-8-4-5-9-18(16)23(24(19)31)30-29-21-14-17(27)12-15(2)25(21)37(33,34)35;/h2*4-14,31H,3H2,1-2H3,(H,28,32)(H,33,34,35);/q;;+2/p-2. The van der Waals surface area contributed by atoms with Crippen LogP contribution in [0.5, 0.6) is 23.0 Å². The summed E-state index contributed by atoms with van der Waals surface area (Å²) in [6.45, 7) is 7.26. The molecule has 1 amide bonds. The number of para-hydroxylation sites is 4. The zero-order chi connectivity index (χ0) is 53.5. The first-order valence-electron chi connectivity index (χ1n) is 22.1. The Morgan fingerprint density at radius 1 is 0.613 bits per heavy atom. The number of hydrogen-bond donors (Lipinski definition) is 4. The van der Waals surface area contributed by atoms with E-state index in [2.05, 4.69) is 30.8 Å². The number of phenolic OH excluding ortho intramolecular Hbond substituents is 1. The van der Waals surface area contributed by atoms with Crippen LogP contribution in [0.2, 0.25) is 10.0 Å². The molecule has 0 aliphatic heterocycles. The minimum absolute atomic E-state index is 0. The quantitative estimate of drug-likeness (QED) is 0.0260. The summed E-state index contributed by atoms with van der Waals surface area (Å²) >= 11 is 12.1. The van der Waals surface area contributed by atoms with Crippen molar-refractivity contribution in [1.82, 2.24) is 0 Å². The first-order chi connectivity index (χ1) is 35.2. The summed E-state index contributed by atoms with van der Waals surface area (Å²) in [5.41, 5.74) is -0.110. The third-order valence-corrected chi connectivity index (χ3v) is 13.3. The predicted octanol–water partition coefficient (Wildman–Crippen LogP) is 11.8. The SMILES string of the molecule is CCOc1ccccc1N=C([O-])c1cc2ccccc2c(N=Nc2cc(Cl)cc(C)c2S(=O)(=O)O)c1[O-].CCOc1ccccc1NC(=O)c1cc2ccccc2c(N=Nc2cc(Cl)cc(C)c2S(=O)(=O)O)c1O.[Ba+2]. The second-order valence-corrected chi connectivity index (χ2v) is 19.4. The smallest absolute Gasteiger partial charge is 0.871 e. The van der Waals surface area contributed by atoms with E-state index in [0.29, 0.717) is 51.9 Å². The molecule has 0 saturated carbocycles. The Kier molecular flexibility index (Phi) is 19.3. The molecule has 0 radical (unpaired) electrons. The summed E-state index contributed by atoms with van der Waals surface area (Å²) in [6, 6.07) is 35.2. The zero-order valence-electron chi connectivity index (χ0n) is 40.1. The predicted molar refractivity (Wildman–Crippen MR) is 284 cm³/mol. The van der Waals surface area contributed by atoms with Crippen molar-refractivity contribution >= 4 is 160 Å². The van der Waals surface area contributed by atoms with Crippen LogP contribution in [0.1, 0.15) is 40.9 Å². The molecule has 0 aromatic heterocycles. The summed E-state index contributed by atoms with van der Waals surface area (Å²) in [6.07, 6.45) is 0. The molecular formula is C52H42BaCl2N6O12S2. The van der Waals surface area contributed by atoms with Crippen LogP contribution in [0.3, 0.4) is 0 Å². The summed E-state index contributed by atoms with van der Waals surface area (Å²) in [5, 5.41) is 58.6. The number of azo groups is 2. The van der Waals surface area contributed by atoms with E-state index in [1.54, 1.807) is 104 Å². The van der Waals surface area contributed by atoms with Gasteiger partial charge in [0.15, 0.2) is 5.75 Å². The largest absolute Gasteiger partial charge is 2.00 e. The average Bonchev–Trinajstić information content (AvgIpc) is 3.33. The Hall–Kier alpha value is -6.41. The monoisotopic (exact) mass is 1210 g/mol. The third kappa shape index (κ3) is 13.7. The molecule has 0 spiro atoms. The average molecular weight is 1220 g/mol. The Morgan fingerprint density at radius 3 is 1.61 bits per heavy atom. The summed E-state index contributed by atoms with van der Waals surface area (Å²) in [7, 11) is -9.33. The zero-order valence-corrected chi connectivity index (χ0v) is 47.7. The molecule has 0 bridgehead atoms. The van der Waals surface area contributed by atoms with Gasteiger partial charge in [-0.2, -0.15) is 21.9 Å². The third-order valence-electron chi connectivity index (χ3n) is 10.7. The summed E-state index contributed by atoms with van der Waals surface area (Å²) in [4.78, 5) is 16.3. The number of aromatic hydroxyl groups is 1. The number of phenols is 1. The first kappa shape index (κ1) is 57.9. The van der Waals surface area contributed by atoms with E-state index in [1.165, 1.54) is 50.2 Å². The molecule has 8 rings (SSSR count). The van der Waals surface area contributed by atoms with Gasteiger partial charge in [0.25, 0.3) is 26.1 Å². The minimum atomic E-state index is -4.67. The van der Waals surface area contributed by atoms with Gasteiger partial charge in [0.05, 0.1) is 30.2 Å². The Balaban J connectivity index is 0.000000241. The van der Waals surface area contributed by atoms with Gasteiger partial charge in [-0.05, 0) is 122 Å². The number of ether oxygens (including phenoxy) is 2. The van der Waals surface area contributed by atoms with Gasteiger partial charge in [-0.3, -0.25) is 18.9 Å². The van der Waals surface area contributed by atoms with E-state index in [9.17, 15) is 46.1 Å². The second kappa shape index (κ2) is 25.0. The molecule has 75 heavy (non-hydrogen) atoms. The van der Waals surface area contributed by atoms with Gasteiger partial charge in [0.1, 0.15) is 44.0 Å². The van der Waals surface area contributed by atoms with Crippen LogP contribution in [0, 0.1) is 13.8 Å². The number of aryl methyl sites for hydroxylation is 2. The summed E-state index contributed by atoms with van der Waals surface area (Å²) in [5.74, 6) is -1.80. The first-order valence-corrected chi connectivity index (χ1v) is 25.7. The molecule has 0 aliphatic carbocycles. The number of carbonyl (C=O) groups is 1. The van der Waals surface area contributed by atoms with Crippen molar-refractivity contribution in [2.45, 2.75) is 37.5 Å². The maximum absolute atomic E-state index is 13.4. The fourth-order valence-electron chi connectivity index (χ4n) is 7.65. The van der Waals surface area contributed by atoms with Crippen molar-refractivity contribution in [2.75, 3.05) is 18.5 Å². The number of nitrogens with one attached hydrogen (secondary N) is 1. The number of nitrogens with zero attached hydrogens (tertiary/aromatic N) is 5. The Labute approximate surface area is 481 Å². The molecule has 0 atom stereocenters. The van der Waals surface area contributed by atoms with E-state index in [1.807, 2.05) is 6.92 Å². The molecule has 0 aliphatic rings. The molecule has 18 nitrogen and oxygen atoms in total. The molecule has 23 heteroatoms. The van der Waals surface area contributed by atoms with Crippen molar-refractivity contribution in [1.29, 1.82) is 0 Å². The molecule has 380 valence electrons. The van der Waals surface area contributed by atoms with Crippen molar-refractivity contribution in [2.24, 2.45) is 25.4 Å². The fourth-order valence-corrected chi connectivity index (χ4v) is 9.84. The van der Waals surface area contributed by atoms with E-state index in [0.717, 1.165) is 0 Å². The van der Waals surface area contributed by atoms with E-state index in [4.69, 9.17) is 32.7 Å². The van der Waals surface area contributed by atoms with Crippen LogP contribution < -0.4 is 25.0 Å². The number of amides is 1. The van der Waals surface area contributed by atoms with Crippen LogP contribution in [0.15, 0.2) is 169 Å². The normalized spacial score (nSPS) is 11.9. The van der Waals surface area contributed by atoms with Crippen molar-refractivity contribution in [3.8, 4) is 23.0 Å². The topological polar surface area (TPSA) is 284 Å². The molecule has 8 aromatic rings. The minimum Gasteiger partial charge on any atom is -0.871 e. The molecule has 4 N–H and O–H groups in total. The van der Waals surface area contributed by atoms with Crippen LogP contribution in [0.25, 0.3) is 21.5 Å². The maximum Gasteiger partial charge on any atom is 2.00 e. The Morgan fingerprint density at radius 2 is 1.07 bits per heavy atom. The number of aliphatic imine (C=N–C) groups is 1. The van der Waals surface area contributed by atoms with Crippen LogP contribution in [-0.2, 0) is 20.2 Å². The number of carbonyl (C=O) groups excluding carboxylic acids is 1. The van der Waals surface area contributed by atoms with E-state index >= 15 is 0 Å². The van der Waals surface area contributed by atoms with Gasteiger partial charge in [0.2, 0.25) is 0 Å². The van der Waals surface area contributed by atoms with Crippen molar-refractivity contribution in [3.63, 3.8) is 0 Å². The van der Waals surface area contributed by atoms with Gasteiger partial charge in [-0.15, -0.1) is 15.3 Å². The molecular weight excluding hydrogens is 1170 g/mol. The van der Waals surface area contributed by atoms with Crippen molar-refractivity contribution < 1.29 is 55.5 Å². The maximum atomic E-state index is 13.4. The van der Waals surface area contributed by atoms with E-state index in [-0.39, 0.29) is 110 Å². The number of anilines is 1. The number of fused-ring (bicyclic) bond motifs is 2. The molecule has 0 saturated heterocycles. The molecule has 8 aromatic carbocycles. The van der Waals surface area contributed by atoms with Crippen molar-refractivity contribution in [3.05, 3.63) is 166 Å². The van der Waals surface area contributed by atoms with Crippen LogP contribution >= 0.6 is 23.2 Å². The van der Waals surface area contributed by atoms with E-state index < -0.39 is 53.3 Å². The molecule has 0 unspecified atom stereocenters. The number of halogens is 2. The number of rotatable bonds is 14. The van der Waals surface area contributed by atoms with Gasteiger partial charge >= 0.3 is 48.9 Å². The Bertz CT molecular complexity index is 3830. The van der Waals surface area contributed by atoms with Crippen LogP contribution in [-0.4, -0.2) is 105 Å². The molecule has 0 heterocycles. The van der Waals surface area contributed by atoms with Crippen LogP contribution in [0.4, 0.5) is 34.1 Å². The van der Waals surface area contributed by atoms with Gasteiger partial charge in [0, 0.05) is 20.8 Å². The van der Waals surface area contributed by atoms with Gasteiger partial charge in [-0.1, -0.05) is 102 Å².